The van der Waals surface area contributed by atoms with Gasteiger partial charge in [0, 0.05) is 31.2 Å². The van der Waals surface area contributed by atoms with Crippen molar-refractivity contribution in [3.63, 3.8) is 0 Å². The van der Waals surface area contributed by atoms with Crippen molar-refractivity contribution in [3.05, 3.63) is 24.0 Å². The summed E-state index contributed by atoms with van der Waals surface area (Å²) >= 11 is 0. The second kappa shape index (κ2) is 5.44. The molecule has 20 heavy (non-hydrogen) atoms. The van der Waals surface area contributed by atoms with Crippen LogP contribution in [0.1, 0.15) is 32.0 Å². The number of aryl methyl sites for hydroxylation is 1. The molecule has 0 bridgehead atoms. The van der Waals surface area contributed by atoms with Crippen molar-refractivity contribution in [1.29, 1.82) is 0 Å². The maximum absolute atomic E-state index is 5.87. The predicted molar refractivity (Wildman–Crippen MR) is 83.8 cm³/mol. The highest BCUT2D eigenvalue weighted by atomic mass is 15.2. The fraction of sp³-hybridized carbons (Fsp3) is 0.562. The molecule has 1 aliphatic rings. The van der Waals surface area contributed by atoms with Gasteiger partial charge in [-0.3, -0.25) is 0 Å². The number of hydrogen-bond acceptors (Lipinski definition) is 3. The zero-order valence-corrected chi connectivity index (χ0v) is 12.5. The summed E-state index contributed by atoms with van der Waals surface area (Å²) in [6.07, 6.45) is 4.87. The van der Waals surface area contributed by atoms with Crippen molar-refractivity contribution in [2.45, 2.75) is 45.2 Å². The van der Waals surface area contributed by atoms with E-state index >= 15 is 0 Å². The molecule has 0 radical (unpaired) electrons. The summed E-state index contributed by atoms with van der Waals surface area (Å²) in [5.74, 6) is 1.19. The van der Waals surface area contributed by atoms with Crippen molar-refractivity contribution < 1.29 is 0 Å². The van der Waals surface area contributed by atoms with Crippen molar-refractivity contribution in [1.82, 2.24) is 14.5 Å². The Hall–Kier alpha value is -1.55. The molecule has 0 spiro atoms. The summed E-state index contributed by atoms with van der Waals surface area (Å²) in [5, 5.41) is 0. The monoisotopic (exact) mass is 272 g/mol. The Bertz CT molecular complexity index is 598. The molecule has 0 unspecified atom stereocenters. The van der Waals surface area contributed by atoms with Crippen molar-refractivity contribution >= 4 is 16.7 Å². The van der Waals surface area contributed by atoms with Crippen molar-refractivity contribution in [2.75, 3.05) is 19.3 Å². The van der Waals surface area contributed by atoms with Crippen LogP contribution in [-0.2, 0) is 13.0 Å². The van der Waals surface area contributed by atoms with Gasteiger partial charge in [-0.15, -0.1) is 0 Å². The van der Waals surface area contributed by atoms with E-state index in [4.69, 9.17) is 10.7 Å². The fourth-order valence-corrected chi connectivity index (χ4v) is 2.82. The van der Waals surface area contributed by atoms with Crippen LogP contribution in [0.3, 0.4) is 0 Å². The van der Waals surface area contributed by atoms with Crippen LogP contribution < -0.4 is 5.73 Å². The van der Waals surface area contributed by atoms with Gasteiger partial charge in [0.1, 0.15) is 5.82 Å². The molecule has 1 aromatic carbocycles. The van der Waals surface area contributed by atoms with Gasteiger partial charge in [0.25, 0.3) is 0 Å². The normalized spacial score (nSPS) is 15.3. The van der Waals surface area contributed by atoms with Gasteiger partial charge in [-0.25, -0.2) is 4.98 Å². The minimum Gasteiger partial charge on any atom is -0.399 e. The second-order valence-corrected chi connectivity index (χ2v) is 5.89. The Balaban J connectivity index is 1.87. The third kappa shape index (κ3) is 2.66. The molecule has 2 N–H and O–H groups in total. The van der Waals surface area contributed by atoms with Gasteiger partial charge >= 0.3 is 0 Å². The molecule has 108 valence electrons. The van der Waals surface area contributed by atoms with Gasteiger partial charge in [0.05, 0.1) is 11.0 Å². The third-order valence-corrected chi connectivity index (χ3v) is 4.17. The van der Waals surface area contributed by atoms with E-state index < -0.39 is 0 Å². The van der Waals surface area contributed by atoms with Crippen LogP contribution in [0.25, 0.3) is 11.0 Å². The molecule has 0 amide bonds. The van der Waals surface area contributed by atoms with E-state index in [1.165, 1.54) is 24.2 Å². The van der Waals surface area contributed by atoms with E-state index in [2.05, 4.69) is 29.5 Å². The lowest BCUT2D eigenvalue weighted by Gasteiger charge is -2.17. The number of aromatic nitrogens is 2. The standard InChI is InChI=1S/C16H24N4/c1-3-4-16-18-14-11-12(17)5-8-15(14)20(16)10-9-19(2)13-6-7-13/h5,8,11,13H,3-4,6-7,9-10,17H2,1-2H3. The number of nitrogen functional groups attached to an aromatic ring is 1. The first-order valence-electron chi connectivity index (χ1n) is 7.64. The minimum absolute atomic E-state index is 0.792. The summed E-state index contributed by atoms with van der Waals surface area (Å²) in [6, 6.07) is 6.87. The van der Waals surface area contributed by atoms with Crippen LogP contribution in [0.15, 0.2) is 18.2 Å². The molecule has 2 aromatic rings. The summed E-state index contributed by atoms with van der Waals surface area (Å²) < 4.78 is 2.37. The van der Waals surface area contributed by atoms with Crippen LogP contribution in [-0.4, -0.2) is 34.1 Å². The molecule has 0 aliphatic heterocycles. The van der Waals surface area contributed by atoms with Gasteiger partial charge in [-0.05, 0) is 44.5 Å². The number of fused-ring (bicyclic) bond motifs is 1. The fourth-order valence-electron chi connectivity index (χ4n) is 2.82. The summed E-state index contributed by atoms with van der Waals surface area (Å²) in [4.78, 5) is 7.24. The van der Waals surface area contributed by atoms with E-state index in [0.29, 0.717) is 0 Å². The number of imidazole rings is 1. The maximum Gasteiger partial charge on any atom is 0.109 e. The zero-order valence-electron chi connectivity index (χ0n) is 12.5. The lowest BCUT2D eigenvalue weighted by Crippen LogP contribution is -2.25. The van der Waals surface area contributed by atoms with Crippen LogP contribution in [0, 0.1) is 0 Å². The largest absolute Gasteiger partial charge is 0.399 e. The molecule has 3 rings (SSSR count). The average Bonchev–Trinajstić information content (AvgIpc) is 3.20. The molecule has 1 heterocycles. The van der Waals surface area contributed by atoms with Gasteiger partial charge in [0.2, 0.25) is 0 Å². The highest BCUT2D eigenvalue weighted by Crippen LogP contribution is 2.26. The number of nitrogens with two attached hydrogens (primary N) is 1. The lowest BCUT2D eigenvalue weighted by molar-refractivity contribution is 0.309. The van der Waals surface area contributed by atoms with E-state index in [-0.39, 0.29) is 0 Å². The second-order valence-electron chi connectivity index (χ2n) is 5.89. The van der Waals surface area contributed by atoms with E-state index in [1.807, 2.05) is 12.1 Å². The first-order valence-corrected chi connectivity index (χ1v) is 7.64. The maximum atomic E-state index is 5.87. The highest BCUT2D eigenvalue weighted by Gasteiger charge is 2.25. The number of hydrogen-bond donors (Lipinski definition) is 1. The first kappa shape index (κ1) is 13.4. The van der Waals surface area contributed by atoms with E-state index in [1.54, 1.807) is 0 Å². The Morgan fingerprint density at radius 1 is 1.40 bits per heavy atom. The SMILES string of the molecule is CCCc1nc2cc(N)ccc2n1CCN(C)C1CC1. The Morgan fingerprint density at radius 2 is 2.20 bits per heavy atom. The van der Waals surface area contributed by atoms with Crippen LogP contribution in [0.2, 0.25) is 0 Å². The van der Waals surface area contributed by atoms with Gasteiger partial charge in [-0.2, -0.15) is 0 Å². The Kier molecular flexibility index (Phi) is 3.66. The Labute approximate surface area is 120 Å². The highest BCUT2D eigenvalue weighted by molar-refractivity contribution is 5.79. The van der Waals surface area contributed by atoms with Crippen LogP contribution in [0.5, 0.6) is 0 Å². The number of likely N-dealkylation sites (N-methyl/N-ethyl adjacent to an activating group) is 1. The molecule has 4 heteroatoms. The zero-order chi connectivity index (χ0) is 14.1. The van der Waals surface area contributed by atoms with Crippen molar-refractivity contribution in [3.8, 4) is 0 Å². The average molecular weight is 272 g/mol. The van der Waals surface area contributed by atoms with Crippen LogP contribution >= 0.6 is 0 Å². The quantitative estimate of drug-likeness (QED) is 0.822. The number of anilines is 1. The number of rotatable bonds is 6. The number of benzene rings is 1. The van der Waals surface area contributed by atoms with Gasteiger partial charge in [-0.1, -0.05) is 6.92 Å². The third-order valence-electron chi connectivity index (χ3n) is 4.17. The van der Waals surface area contributed by atoms with E-state index in [0.717, 1.165) is 43.2 Å². The molecule has 4 nitrogen and oxygen atoms in total. The molecule has 1 fully saturated rings. The van der Waals surface area contributed by atoms with Gasteiger partial charge in [0.15, 0.2) is 0 Å². The molecule has 1 saturated carbocycles. The Morgan fingerprint density at radius 3 is 2.90 bits per heavy atom. The number of nitrogens with zero attached hydrogens (tertiary/aromatic N) is 3. The molecular formula is C16H24N4. The summed E-state index contributed by atoms with van der Waals surface area (Å²) in [5.41, 5.74) is 8.91. The van der Waals surface area contributed by atoms with Crippen LogP contribution in [0.4, 0.5) is 5.69 Å². The van der Waals surface area contributed by atoms with E-state index in [9.17, 15) is 0 Å². The minimum atomic E-state index is 0.792. The molecule has 1 aromatic heterocycles. The smallest absolute Gasteiger partial charge is 0.109 e. The molecular weight excluding hydrogens is 248 g/mol. The van der Waals surface area contributed by atoms with Gasteiger partial charge < -0.3 is 15.2 Å². The molecule has 0 saturated heterocycles. The first-order chi connectivity index (χ1) is 9.69. The summed E-state index contributed by atoms with van der Waals surface area (Å²) in [6.45, 7) is 4.31. The molecule has 1 aliphatic carbocycles. The van der Waals surface area contributed by atoms with Crippen molar-refractivity contribution in [2.24, 2.45) is 0 Å². The topological polar surface area (TPSA) is 47.1 Å². The summed E-state index contributed by atoms with van der Waals surface area (Å²) in [7, 11) is 2.23. The lowest BCUT2D eigenvalue weighted by atomic mass is 10.3. The predicted octanol–water partition coefficient (Wildman–Crippen LogP) is 2.67. The molecule has 0 atom stereocenters.